The quantitative estimate of drug-likeness (QED) is 0.840. The van der Waals surface area contributed by atoms with Crippen LogP contribution >= 0.6 is 0 Å². The van der Waals surface area contributed by atoms with Crippen molar-refractivity contribution in [2.24, 2.45) is 0 Å². The van der Waals surface area contributed by atoms with Gasteiger partial charge >= 0.3 is 5.97 Å². The summed E-state index contributed by atoms with van der Waals surface area (Å²) in [6.45, 7) is 6.05. The van der Waals surface area contributed by atoms with E-state index in [2.05, 4.69) is 9.72 Å². The highest BCUT2D eigenvalue weighted by Crippen LogP contribution is 2.15. The number of hydrogen-bond acceptors (Lipinski definition) is 4. The number of H-pyrrole nitrogens is 1. The Morgan fingerprint density at radius 1 is 1.08 bits per heavy atom. The van der Waals surface area contributed by atoms with Crippen molar-refractivity contribution >= 4 is 17.8 Å². The third kappa shape index (κ3) is 4.37. The highest BCUT2D eigenvalue weighted by atomic mass is 16.5. The Kier molecular flexibility index (Phi) is 6.00. The molecule has 0 bridgehead atoms. The van der Waals surface area contributed by atoms with Gasteiger partial charge in [-0.05, 0) is 26.3 Å². The molecule has 1 fully saturated rings. The van der Waals surface area contributed by atoms with Crippen LogP contribution in [0.3, 0.4) is 0 Å². The second-order valence-electron chi connectivity index (χ2n) is 6.09. The first kappa shape index (κ1) is 18.0. The number of nitrogens with one attached hydrogen (secondary N) is 1. The van der Waals surface area contributed by atoms with E-state index in [4.69, 9.17) is 0 Å². The van der Waals surface area contributed by atoms with Crippen LogP contribution in [0.25, 0.3) is 0 Å². The average Bonchev–Trinajstić information content (AvgIpc) is 2.77. The number of ether oxygens (including phenoxy) is 1. The first-order chi connectivity index (χ1) is 11.4. The molecule has 7 nitrogen and oxygen atoms in total. The maximum atomic E-state index is 12.7. The number of amides is 2. The largest absolute Gasteiger partial charge is 0.469 e. The molecule has 2 heterocycles. The summed E-state index contributed by atoms with van der Waals surface area (Å²) in [6.07, 6.45) is 0.977. The summed E-state index contributed by atoms with van der Waals surface area (Å²) in [5.41, 5.74) is 2.52. The first-order valence-corrected chi connectivity index (χ1v) is 8.22. The second-order valence-corrected chi connectivity index (χ2v) is 6.09. The Balaban J connectivity index is 1.92. The molecule has 0 spiro atoms. The Labute approximate surface area is 141 Å². The Bertz CT molecular complexity index is 623. The number of aromatic nitrogens is 1. The van der Waals surface area contributed by atoms with Gasteiger partial charge in [-0.25, -0.2) is 0 Å². The van der Waals surface area contributed by atoms with Crippen molar-refractivity contribution in [3.63, 3.8) is 0 Å². The lowest BCUT2D eigenvalue weighted by atomic mass is 10.2. The van der Waals surface area contributed by atoms with E-state index in [1.165, 1.54) is 7.11 Å². The van der Waals surface area contributed by atoms with Crippen LogP contribution in [-0.2, 0) is 14.3 Å². The van der Waals surface area contributed by atoms with Crippen LogP contribution in [0.1, 0.15) is 41.0 Å². The van der Waals surface area contributed by atoms with Crippen molar-refractivity contribution in [1.82, 2.24) is 14.8 Å². The highest BCUT2D eigenvalue weighted by molar-refractivity contribution is 5.95. The van der Waals surface area contributed by atoms with Crippen molar-refractivity contribution < 1.29 is 19.1 Å². The molecule has 7 heteroatoms. The van der Waals surface area contributed by atoms with Crippen molar-refractivity contribution in [2.45, 2.75) is 33.1 Å². The van der Waals surface area contributed by atoms with Gasteiger partial charge in [0.25, 0.3) is 5.91 Å². The fourth-order valence-corrected chi connectivity index (χ4v) is 2.96. The zero-order valence-corrected chi connectivity index (χ0v) is 14.6. The third-order valence-electron chi connectivity index (χ3n) is 4.29. The van der Waals surface area contributed by atoms with Gasteiger partial charge < -0.3 is 19.5 Å². The molecule has 1 aliphatic heterocycles. The molecule has 0 radical (unpaired) electrons. The number of nitrogens with zero attached hydrogens (tertiary/aromatic N) is 2. The Morgan fingerprint density at radius 2 is 1.75 bits per heavy atom. The minimum absolute atomic E-state index is 0.000657. The number of rotatable bonds is 4. The van der Waals surface area contributed by atoms with Crippen LogP contribution in [0.4, 0.5) is 0 Å². The number of esters is 1. The lowest BCUT2D eigenvalue weighted by Crippen LogP contribution is -2.37. The topological polar surface area (TPSA) is 82.7 Å². The van der Waals surface area contributed by atoms with Crippen LogP contribution < -0.4 is 0 Å². The third-order valence-corrected chi connectivity index (χ3v) is 4.29. The fourth-order valence-electron chi connectivity index (χ4n) is 2.96. The molecule has 1 aromatic heterocycles. The predicted molar refractivity (Wildman–Crippen MR) is 88.6 cm³/mol. The Morgan fingerprint density at radius 3 is 2.38 bits per heavy atom. The van der Waals surface area contributed by atoms with E-state index in [0.717, 1.165) is 17.8 Å². The minimum Gasteiger partial charge on any atom is -0.469 e. The molecule has 1 saturated heterocycles. The van der Waals surface area contributed by atoms with Crippen molar-refractivity contribution in [1.29, 1.82) is 0 Å². The van der Waals surface area contributed by atoms with Crippen LogP contribution in [-0.4, -0.2) is 65.9 Å². The predicted octanol–water partition coefficient (Wildman–Crippen LogP) is 1.26. The van der Waals surface area contributed by atoms with Gasteiger partial charge in [0.05, 0.1) is 19.1 Å². The van der Waals surface area contributed by atoms with Crippen LogP contribution in [0.5, 0.6) is 0 Å². The maximum absolute atomic E-state index is 12.7. The lowest BCUT2D eigenvalue weighted by Gasteiger charge is -2.22. The van der Waals surface area contributed by atoms with Crippen molar-refractivity contribution in [3.05, 3.63) is 23.0 Å². The number of carbonyl (C=O) groups is 3. The second kappa shape index (κ2) is 7.99. The summed E-state index contributed by atoms with van der Waals surface area (Å²) < 4.78 is 4.56. The molecule has 0 aromatic carbocycles. The molecule has 0 saturated carbocycles. The summed E-state index contributed by atoms with van der Waals surface area (Å²) in [6, 6.07) is 1.86. The molecule has 1 N–H and O–H groups in total. The molecule has 2 rings (SSSR count). The van der Waals surface area contributed by atoms with E-state index in [9.17, 15) is 14.4 Å². The number of aromatic amines is 1. The molecule has 0 aliphatic carbocycles. The van der Waals surface area contributed by atoms with E-state index in [0.29, 0.717) is 31.7 Å². The molecule has 2 amide bonds. The summed E-state index contributed by atoms with van der Waals surface area (Å²) in [5.74, 6) is -0.447. The van der Waals surface area contributed by atoms with Gasteiger partial charge in [-0.1, -0.05) is 0 Å². The van der Waals surface area contributed by atoms with Gasteiger partial charge in [-0.3, -0.25) is 14.4 Å². The van der Waals surface area contributed by atoms with Gasteiger partial charge in [-0.15, -0.1) is 0 Å². The van der Waals surface area contributed by atoms with Gasteiger partial charge in [0.15, 0.2) is 0 Å². The summed E-state index contributed by atoms with van der Waals surface area (Å²) in [4.78, 5) is 42.7. The van der Waals surface area contributed by atoms with Crippen LogP contribution in [0.2, 0.25) is 0 Å². The highest BCUT2D eigenvalue weighted by Gasteiger charge is 2.24. The number of methoxy groups -OCH3 is 1. The molecule has 1 aromatic rings. The number of hydrogen-bond donors (Lipinski definition) is 1. The van der Waals surface area contributed by atoms with Crippen LogP contribution in [0, 0.1) is 13.8 Å². The van der Waals surface area contributed by atoms with E-state index in [1.807, 2.05) is 19.9 Å². The molecule has 1 aliphatic rings. The van der Waals surface area contributed by atoms with E-state index in [1.54, 1.807) is 9.80 Å². The lowest BCUT2D eigenvalue weighted by molar-refractivity contribution is -0.143. The molecule has 0 atom stereocenters. The zero-order valence-electron chi connectivity index (χ0n) is 14.6. The van der Waals surface area contributed by atoms with Gasteiger partial charge in [-0.2, -0.15) is 0 Å². The zero-order chi connectivity index (χ0) is 17.7. The van der Waals surface area contributed by atoms with Gasteiger partial charge in [0.1, 0.15) is 0 Å². The first-order valence-electron chi connectivity index (χ1n) is 8.22. The number of carbonyl (C=O) groups excluding carboxylic acids is 3. The summed E-state index contributed by atoms with van der Waals surface area (Å²) >= 11 is 0. The SMILES string of the molecule is COC(=O)CCC(=O)N1CCCN(C(=O)c2cc(C)[nH]c2C)CC1. The summed E-state index contributed by atoms with van der Waals surface area (Å²) in [5, 5.41) is 0. The van der Waals surface area contributed by atoms with Crippen molar-refractivity contribution in [3.8, 4) is 0 Å². The number of aryl methyl sites for hydroxylation is 2. The molecule has 132 valence electrons. The van der Waals surface area contributed by atoms with E-state index < -0.39 is 0 Å². The van der Waals surface area contributed by atoms with E-state index in [-0.39, 0.29) is 30.6 Å². The summed E-state index contributed by atoms with van der Waals surface area (Å²) in [7, 11) is 1.31. The molecule has 0 unspecified atom stereocenters. The normalized spacial score (nSPS) is 15.1. The average molecular weight is 335 g/mol. The van der Waals surface area contributed by atoms with Gasteiger partial charge in [0.2, 0.25) is 5.91 Å². The monoisotopic (exact) mass is 335 g/mol. The van der Waals surface area contributed by atoms with E-state index >= 15 is 0 Å². The standard InChI is InChI=1S/C17H25N3O4/c1-12-11-14(13(2)18-12)17(23)20-8-4-7-19(9-10-20)15(21)5-6-16(22)24-3/h11,18H,4-10H2,1-3H3. The smallest absolute Gasteiger partial charge is 0.306 e. The molecular weight excluding hydrogens is 310 g/mol. The fraction of sp³-hybridized carbons (Fsp3) is 0.588. The minimum atomic E-state index is -0.381. The maximum Gasteiger partial charge on any atom is 0.306 e. The molecule has 24 heavy (non-hydrogen) atoms. The van der Waals surface area contributed by atoms with Crippen LogP contribution in [0.15, 0.2) is 6.07 Å². The molecular formula is C17H25N3O4. The van der Waals surface area contributed by atoms with Crippen molar-refractivity contribution in [2.75, 3.05) is 33.3 Å². The Hall–Kier alpha value is -2.31. The van der Waals surface area contributed by atoms with Gasteiger partial charge in [0, 0.05) is 44.0 Å².